The molecule has 1 N–H and O–H groups in total. The van der Waals surface area contributed by atoms with Crippen LogP contribution in [0.15, 0.2) is 35.7 Å². The highest BCUT2D eigenvalue weighted by Crippen LogP contribution is 2.33. The van der Waals surface area contributed by atoms with E-state index in [1.165, 1.54) is 11.3 Å². The van der Waals surface area contributed by atoms with Gasteiger partial charge in [-0.3, -0.25) is 9.59 Å². The molecule has 126 valence electrons. The Bertz CT molecular complexity index is 745. The Hall–Kier alpha value is -2.54. The number of hydrogen-bond acceptors (Lipinski definition) is 5. The summed E-state index contributed by atoms with van der Waals surface area (Å²) in [6, 6.07) is 8.72. The molecule has 0 spiro atoms. The van der Waals surface area contributed by atoms with Gasteiger partial charge in [0.1, 0.15) is 0 Å². The Morgan fingerprint density at radius 3 is 2.71 bits per heavy atom. The van der Waals surface area contributed by atoms with E-state index >= 15 is 0 Å². The number of thiophene rings is 1. The largest absolute Gasteiger partial charge is 0.493 e. The third kappa shape index (κ3) is 3.21. The van der Waals surface area contributed by atoms with Gasteiger partial charge in [0.2, 0.25) is 5.91 Å². The zero-order valence-electron chi connectivity index (χ0n) is 13.4. The summed E-state index contributed by atoms with van der Waals surface area (Å²) in [4.78, 5) is 26.7. The number of hydrogen-bond donors (Lipinski definition) is 1. The molecule has 0 unspecified atom stereocenters. The minimum absolute atomic E-state index is 0.0290. The second kappa shape index (κ2) is 6.92. The summed E-state index contributed by atoms with van der Waals surface area (Å²) in [5.74, 6) is 1.000. The van der Waals surface area contributed by atoms with Gasteiger partial charge in [-0.05, 0) is 23.6 Å². The average Bonchev–Trinajstić information content (AvgIpc) is 3.24. The molecule has 1 aliphatic rings. The summed E-state index contributed by atoms with van der Waals surface area (Å²) < 4.78 is 10.5. The van der Waals surface area contributed by atoms with Gasteiger partial charge >= 0.3 is 0 Å². The number of ether oxygens (including phenoxy) is 2. The van der Waals surface area contributed by atoms with E-state index < -0.39 is 0 Å². The first-order valence-electron chi connectivity index (χ1n) is 7.49. The molecule has 1 atom stereocenters. The second-order valence-electron chi connectivity index (χ2n) is 5.40. The van der Waals surface area contributed by atoms with Gasteiger partial charge in [-0.1, -0.05) is 6.07 Å². The molecular formula is C17H18N2O4S. The van der Waals surface area contributed by atoms with Crippen molar-refractivity contribution in [1.29, 1.82) is 0 Å². The third-order valence-corrected chi connectivity index (χ3v) is 4.75. The summed E-state index contributed by atoms with van der Waals surface area (Å²) in [5, 5.41) is 4.77. The Morgan fingerprint density at radius 1 is 1.25 bits per heavy atom. The van der Waals surface area contributed by atoms with Crippen molar-refractivity contribution in [2.24, 2.45) is 0 Å². The predicted molar refractivity (Wildman–Crippen MR) is 92.1 cm³/mol. The molecule has 1 fully saturated rings. The number of benzene rings is 1. The molecule has 2 aromatic rings. The van der Waals surface area contributed by atoms with Crippen molar-refractivity contribution >= 4 is 28.8 Å². The average molecular weight is 346 g/mol. The quantitative estimate of drug-likeness (QED) is 0.902. The summed E-state index contributed by atoms with van der Waals surface area (Å²) in [7, 11) is 3.12. The second-order valence-corrected chi connectivity index (χ2v) is 6.34. The van der Waals surface area contributed by atoms with Crippen molar-refractivity contribution in [2.45, 2.75) is 12.5 Å². The minimum atomic E-state index is -0.208. The monoisotopic (exact) mass is 346 g/mol. The Balaban J connectivity index is 1.72. The van der Waals surface area contributed by atoms with Crippen LogP contribution in [0.4, 0.5) is 5.69 Å². The van der Waals surface area contributed by atoms with Crippen LogP contribution in [0.2, 0.25) is 0 Å². The number of rotatable bonds is 5. The third-order valence-electron chi connectivity index (χ3n) is 3.88. The summed E-state index contributed by atoms with van der Waals surface area (Å²) in [6.07, 6.45) is 0.283. The molecule has 0 saturated carbocycles. The van der Waals surface area contributed by atoms with Crippen LogP contribution in [0.25, 0.3) is 0 Å². The lowest BCUT2D eigenvalue weighted by molar-refractivity contribution is -0.117. The van der Waals surface area contributed by atoms with E-state index in [-0.39, 0.29) is 24.3 Å². The van der Waals surface area contributed by atoms with Crippen LogP contribution in [0.5, 0.6) is 11.5 Å². The van der Waals surface area contributed by atoms with Crippen molar-refractivity contribution < 1.29 is 19.1 Å². The molecule has 3 rings (SSSR count). The van der Waals surface area contributed by atoms with Crippen LogP contribution in [0.1, 0.15) is 16.1 Å². The standard InChI is InChI=1S/C17H18N2O4S/c1-22-13-6-5-12(9-14(13)23-2)19-10-11(8-16(19)20)18-17(21)15-4-3-7-24-15/h3-7,9,11H,8,10H2,1-2H3,(H,18,21)/t11-/m0/s1. The highest BCUT2D eigenvalue weighted by atomic mass is 32.1. The Morgan fingerprint density at radius 2 is 2.04 bits per heavy atom. The number of methoxy groups -OCH3 is 2. The predicted octanol–water partition coefficient (Wildman–Crippen LogP) is 2.30. The lowest BCUT2D eigenvalue weighted by Crippen LogP contribution is -2.36. The van der Waals surface area contributed by atoms with E-state index in [2.05, 4.69) is 5.32 Å². The zero-order valence-corrected chi connectivity index (χ0v) is 14.3. The molecule has 24 heavy (non-hydrogen) atoms. The minimum Gasteiger partial charge on any atom is -0.493 e. The van der Waals surface area contributed by atoms with E-state index in [1.807, 2.05) is 17.5 Å². The highest BCUT2D eigenvalue weighted by Gasteiger charge is 2.32. The van der Waals surface area contributed by atoms with Crippen LogP contribution >= 0.6 is 11.3 Å². The smallest absolute Gasteiger partial charge is 0.261 e. The molecular weight excluding hydrogens is 328 g/mol. The van der Waals surface area contributed by atoms with Gasteiger partial charge in [-0.25, -0.2) is 0 Å². The molecule has 1 aliphatic heterocycles. The molecule has 0 radical (unpaired) electrons. The number of anilines is 1. The lowest BCUT2D eigenvalue weighted by Gasteiger charge is -2.19. The van der Waals surface area contributed by atoms with Crippen LogP contribution < -0.4 is 19.7 Å². The number of carbonyl (C=O) groups is 2. The SMILES string of the molecule is COc1ccc(N2C[C@@H](NC(=O)c3cccs3)CC2=O)cc1OC. The molecule has 1 saturated heterocycles. The summed E-state index contributed by atoms with van der Waals surface area (Å²) in [5.41, 5.74) is 0.727. The zero-order chi connectivity index (χ0) is 17.1. The molecule has 7 heteroatoms. The maximum Gasteiger partial charge on any atom is 0.261 e. The Kier molecular flexibility index (Phi) is 4.71. The van der Waals surface area contributed by atoms with Crippen molar-refractivity contribution in [3.05, 3.63) is 40.6 Å². The fourth-order valence-corrected chi connectivity index (χ4v) is 3.34. The van der Waals surface area contributed by atoms with Gasteiger partial charge in [0.15, 0.2) is 11.5 Å². The van der Waals surface area contributed by atoms with Crippen LogP contribution in [-0.2, 0) is 4.79 Å². The number of nitrogens with zero attached hydrogens (tertiary/aromatic N) is 1. The molecule has 6 nitrogen and oxygen atoms in total. The number of carbonyl (C=O) groups excluding carboxylic acids is 2. The van der Waals surface area contributed by atoms with E-state index in [4.69, 9.17) is 9.47 Å². The molecule has 2 amide bonds. The first-order chi connectivity index (χ1) is 11.6. The van der Waals surface area contributed by atoms with E-state index in [0.717, 1.165) is 5.69 Å². The van der Waals surface area contributed by atoms with Gasteiger partial charge < -0.3 is 19.7 Å². The van der Waals surface area contributed by atoms with Crippen LogP contribution in [0.3, 0.4) is 0 Å². The van der Waals surface area contributed by atoms with Crippen molar-refractivity contribution in [2.75, 3.05) is 25.7 Å². The van der Waals surface area contributed by atoms with Gasteiger partial charge in [-0.15, -0.1) is 11.3 Å². The fraction of sp³-hybridized carbons (Fsp3) is 0.294. The lowest BCUT2D eigenvalue weighted by atomic mass is 10.2. The molecule has 1 aromatic carbocycles. The summed E-state index contributed by atoms with van der Waals surface area (Å²) in [6.45, 7) is 0.436. The first kappa shape index (κ1) is 16.3. The maximum absolute atomic E-state index is 12.3. The molecule has 0 aliphatic carbocycles. The van der Waals surface area contributed by atoms with Crippen molar-refractivity contribution in [1.82, 2.24) is 5.32 Å². The van der Waals surface area contributed by atoms with Gasteiger partial charge in [-0.2, -0.15) is 0 Å². The van der Waals surface area contributed by atoms with Crippen LogP contribution in [0, 0.1) is 0 Å². The molecule has 1 aromatic heterocycles. The highest BCUT2D eigenvalue weighted by molar-refractivity contribution is 7.12. The van der Waals surface area contributed by atoms with Crippen LogP contribution in [-0.4, -0.2) is 38.6 Å². The van der Waals surface area contributed by atoms with E-state index in [0.29, 0.717) is 22.9 Å². The van der Waals surface area contributed by atoms with Gasteiger partial charge in [0.05, 0.1) is 25.1 Å². The van der Waals surface area contributed by atoms with Gasteiger partial charge in [0.25, 0.3) is 5.91 Å². The van der Waals surface area contributed by atoms with Crippen molar-refractivity contribution in [3.8, 4) is 11.5 Å². The molecule has 0 bridgehead atoms. The normalized spacial score (nSPS) is 17.0. The first-order valence-corrected chi connectivity index (χ1v) is 8.37. The maximum atomic E-state index is 12.3. The van der Waals surface area contributed by atoms with E-state index in [1.54, 1.807) is 37.3 Å². The number of nitrogens with one attached hydrogen (secondary N) is 1. The van der Waals surface area contributed by atoms with Crippen molar-refractivity contribution in [3.63, 3.8) is 0 Å². The van der Waals surface area contributed by atoms with E-state index in [9.17, 15) is 9.59 Å². The number of amides is 2. The molecule has 2 heterocycles. The van der Waals surface area contributed by atoms with Gasteiger partial charge in [0, 0.05) is 24.7 Å². The topological polar surface area (TPSA) is 67.9 Å². The summed E-state index contributed by atoms with van der Waals surface area (Å²) >= 11 is 1.38. The fourth-order valence-electron chi connectivity index (χ4n) is 2.71. The Labute approximate surface area is 144 Å².